The van der Waals surface area contributed by atoms with Crippen LogP contribution in [0, 0.1) is 0 Å². The van der Waals surface area contributed by atoms with Crippen molar-refractivity contribution in [3.63, 3.8) is 0 Å². The van der Waals surface area contributed by atoms with Gasteiger partial charge in [0.1, 0.15) is 11.3 Å². The largest absolute Gasteiger partial charge is 0.497 e. The first-order chi connectivity index (χ1) is 13.1. The highest BCUT2D eigenvalue weighted by atomic mass is 35.5. The highest BCUT2D eigenvalue weighted by Crippen LogP contribution is 2.28. The van der Waals surface area contributed by atoms with Crippen molar-refractivity contribution < 1.29 is 13.9 Å². The zero-order chi connectivity index (χ0) is 18.8. The number of oxazole rings is 1. The number of nitrogens with zero attached hydrogens (tertiary/aromatic N) is 1. The zero-order valence-electron chi connectivity index (χ0n) is 14.4. The van der Waals surface area contributed by atoms with Crippen LogP contribution < -0.4 is 10.1 Å². The van der Waals surface area contributed by atoms with E-state index in [0.717, 1.165) is 11.3 Å². The Hall–Kier alpha value is -3.31. The number of hydrogen-bond acceptors (Lipinski definition) is 4. The molecule has 0 aliphatic heterocycles. The monoisotopic (exact) mass is 378 g/mol. The summed E-state index contributed by atoms with van der Waals surface area (Å²) in [7, 11) is 1.61. The minimum Gasteiger partial charge on any atom is -0.497 e. The molecule has 0 fully saturated rings. The molecule has 134 valence electrons. The lowest BCUT2D eigenvalue weighted by Crippen LogP contribution is -2.11. The predicted octanol–water partition coefficient (Wildman–Crippen LogP) is 5.41. The van der Waals surface area contributed by atoms with Gasteiger partial charge in [-0.25, -0.2) is 4.98 Å². The minimum atomic E-state index is -0.242. The first kappa shape index (κ1) is 17.1. The van der Waals surface area contributed by atoms with Crippen LogP contribution in [0.15, 0.2) is 71.1 Å². The van der Waals surface area contributed by atoms with Crippen LogP contribution in [0.2, 0.25) is 5.02 Å². The zero-order valence-corrected chi connectivity index (χ0v) is 15.2. The fourth-order valence-electron chi connectivity index (χ4n) is 2.72. The van der Waals surface area contributed by atoms with Crippen LogP contribution in [0.3, 0.4) is 0 Å². The molecule has 0 saturated heterocycles. The Morgan fingerprint density at radius 1 is 1.07 bits per heavy atom. The summed E-state index contributed by atoms with van der Waals surface area (Å²) in [4.78, 5) is 16.9. The third kappa shape index (κ3) is 3.64. The minimum absolute atomic E-state index is 0.242. The Kier molecular flexibility index (Phi) is 4.52. The highest BCUT2D eigenvalue weighted by molar-refractivity contribution is 6.31. The first-order valence-electron chi connectivity index (χ1n) is 8.24. The van der Waals surface area contributed by atoms with Gasteiger partial charge in [0.15, 0.2) is 5.58 Å². The van der Waals surface area contributed by atoms with Gasteiger partial charge in [-0.2, -0.15) is 0 Å². The van der Waals surface area contributed by atoms with Crippen LogP contribution in [-0.4, -0.2) is 18.0 Å². The summed E-state index contributed by atoms with van der Waals surface area (Å²) >= 11 is 5.94. The van der Waals surface area contributed by atoms with Gasteiger partial charge in [-0.1, -0.05) is 23.7 Å². The van der Waals surface area contributed by atoms with Crippen LogP contribution in [0.5, 0.6) is 5.75 Å². The van der Waals surface area contributed by atoms with Crippen LogP contribution in [-0.2, 0) is 0 Å². The number of aromatic nitrogens is 1. The number of carbonyl (C=O) groups excluding carboxylic acids is 1. The third-order valence-electron chi connectivity index (χ3n) is 4.05. The summed E-state index contributed by atoms with van der Waals surface area (Å²) in [6.07, 6.45) is 0. The lowest BCUT2D eigenvalue weighted by molar-refractivity contribution is 0.102. The molecule has 0 unspecified atom stereocenters. The number of amides is 1. The summed E-state index contributed by atoms with van der Waals surface area (Å²) in [6.45, 7) is 0. The van der Waals surface area contributed by atoms with Gasteiger partial charge in [-0.3, -0.25) is 4.79 Å². The van der Waals surface area contributed by atoms with E-state index in [0.29, 0.717) is 33.3 Å². The molecule has 0 spiro atoms. The van der Waals surface area contributed by atoms with E-state index in [2.05, 4.69) is 10.3 Å². The maximum Gasteiger partial charge on any atom is 0.255 e. The number of ether oxygens (including phenoxy) is 1. The van der Waals surface area contributed by atoms with Gasteiger partial charge in [0.05, 0.1) is 7.11 Å². The van der Waals surface area contributed by atoms with E-state index in [9.17, 15) is 4.79 Å². The maximum atomic E-state index is 12.4. The van der Waals surface area contributed by atoms with Crippen molar-refractivity contribution in [1.29, 1.82) is 0 Å². The van der Waals surface area contributed by atoms with Crippen LogP contribution in [0.4, 0.5) is 5.69 Å². The van der Waals surface area contributed by atoms with E-state index in [1.807, 2.05) is 24.3 Å². The van der Waals surface area contributed by atoms with Crippen molar-refractivity contribution >= 4 is 34.3 Å². The lowest BCUT2D eigenvalue weighted by Gasteiger charge is -2.05. The molecular formula is C21H15ClN2O3. The van der Waals surface area contributed by atoms with Gasteiger partial charge >= 0.3 is 0 Å². The Balaban J connectivity index is 1.61. The summed E-state index contributed by atoms with van der Waals surface area (Å²) in [5.74, 6) is 0.972. The molecule has 0 aliphatic carbocycles. The number of rotatable bonds is 4. The SMILES string of the molecule is COc1cccc(-c2nc3cc(NC(=O)c4cccc(Cl)c4)ccc3o2)c1. The second kappa shape index (κ2) is 7.13. The number of benzene rings is 3. The molecule has 0 saturated carbocycles. The fraction of sp³-hybridized carbons (Fsp3) is 0.0476. The third-order valence-corrected chi connectivity index (χ3v) is 4.28. The van der Waals surface area contributed by atoms with Crippen molar-refractivity contribution in [3.05, 3.63) is 77.3 Å². The van der Waals surface area contributed by atoms with Crippen LogP contribution in [0.1, 0.15) is 10.4 Å². The topological polar surface area (TPSA) is 64.4 Å². The molecule has 6 heteroatoms. The van der Waals surface area contributed by atoms with E-state index in [1.54, 1.807) is 49.6 Å². The molecule has 0 radical (unpaired) electrons. The molecule has 1 N–H and O–H groups in total. The van der Waals surface area contributed by atoms with Crippen molar-refractivity contribution in [1.82, 2.24) is 4.98 Å². The summed E-state index contributed by atoms with van der Waals surface area (Å²) in [5.41, 5.74) is 3.21. The molecule has 27 heavy (non-hydrogen) atoms. The number of carbonyl (C=O) groups is 1. The van der Waals surface area contributed by atoms with E-state index >= 15 is 0 Å². The molecule has 0 atom stereocenters. The number of fused-ring (bicyclic) bond motifs is 1. The second-order valence-corrected chi connectivity index (χ2v) is 6.33. The molecule has 1 amide bonds. The normalized spacial score (nSPS) is 10.7. The molecule has 0 bridgehead atoms. The fourth-order valence-corrected chi connectivity index (χ4v) is 2.91. The first-order valence-corrected chi connectivity index (χ1v) is 8.62. The van der Waals surface area contributed by atoms with Gasteiger partial charge in [0.25, 0.3) is 5.91 Å². The van der Waals surface area contributed by atoms with Crippen molar-refractivity contribution in [2.24, 2.45) is 0 Å². The Morgan fingerprint density at radius 2 is 1.93 bits per heavy atom. The number of anilines is 1. The molecule has 0 aliphatic rings. The van der Waals surface area contributed by atoms with E-state index in [1.165, 1.54) is 0 Å². The van der Waals surface area contributed by atoms with Crippen molar-refractivity contribution in [2.45, 2.75) is 0 Å². The van der Waals surface area contributed by atoms with Gasteiger partial charge in [0, 0.05) is 21.8 Å². The van der Waals surface area contributed by atoms with E-state index in [-0.39, 0.29) is 5.91 Å². The number of hydrogen-bond donors (Lipinski definition) is 1. The number of halogens is 1. The van der Waals surface area contributed by atoms with Gasteiger partial charge in [0.2, 0.25) is 5.89 Å². The molecule has 4 rings (SSSR count). The van der Waals surface area contributed by atoms with E-state index in [4.69, 9.17) is 20.8 Å². The van der Waals surface area contributed by atoms with Gasteiger partial charge in [-0.15, -0.1) is 0 Å². The maximum absolute atomic E-state index is 12.4. The Bertz CT molecular complexity index is 1140. The smallest absolute Gasteiger partial charge is 0.255 e. The van der Waals surface area contributed by atoms with Crippen molar-refractivity contribution in [3.8, 4) is 17.2 Å². The Labute approximate surface area is 160 Å². The standard InChI is InChI=1S/C21H15ClN2O3/c1-26-17-7-3-5-14(11-17)21-24-18-12-16(8-9-19(18)27-21)23-20(25)13-4-2-6-15(22)10-13/h2-12H,1H3,(H,23,25). The molecule has 1 heterocycles. The average Bonchev–Trinajstić information content (AvgIpc) is 3.11. The Morgan fingerprint density at radius 3 is 2.74 bits per heavy atom. The molecule has 4 aromatic rings. The lowest BCUT2D eigenvalue weighted by atomic mass is 10.2. The summed E-state index contributed by atoms with van der Waals surface area (Å²) < 4.78 is 11.1. The molecular weight excluding hydrogens is 364 g/mol. The summed E-state index contributed by atoms with van der Waals surface area (Å²) in [5, 5.41) is 3.36. The predicted molar refractivity (Wildman–Crippen MR) is 105 cm³/mol. The molecule has 3 aromatic carbocycles. The quantitative estimate of drug-likeness (QED) is 0.515. The highest BCUT2D eigenvalue weighted by Gasteiger charge is 2.11. The van der Waals surface area contributed by atoms with Gasteiger partial charge in [-0.05, 0) is 54.6 Å². The second-order valence-electron chi connectivity index (χ2n) is 5.90. The molecule has 1 aromatic heterocycles. The van der Waals surface area contributed by atoms with Crippen LogP contribution in [0.25, 0.3) is 22.6 Å². The van der Waals surface area contributed by atoms with Crippen LogP contribution >= 0.6 is 11.6 Å². The van der Waals surface area contributed by atoms with Gasteiger partial charge < -0.3 is 14.5 Å². The number of methoxy groups -OCH3 is 1. The summed E-state index contributed by atoms with van der Waals surface area (Å²) in [6, 6.07) is 19.6. The molecule has 5 nitrogen and oxygen atoms in total. The average molecular weight is 379 g/mol. The van der Waals surface area contributed by atoms with E-state index < -0.39 is 0 Å². The van der Waals surface area contributed by atoms with Crippen molar-refractivity contribution in [2.75, 3.05) is 12.4 Å². The number of nitrogens with one attached hydrogen (secondary N) is 1.